The molecule has 0 saturated carbocycles. The van der Waals surface area contributed by atoms with Crippen LogP contribution in [0, 0.1) is 0 Å². The van der Waals surface area contributed by atoms with E-state index in [1.54, 1.807) is 12.1 Å². The van der Waals surface area contributed by atoms with Crippen LogP contribution in [0.2, 0.25) is 0 Å². The third-order valence-electron chi connectivity index (χ3n) is 3.97. The van der Waals surface area contributed by atoms with E-state index in [0.717, 1.165) is 19.3 Å². The van der Waals surface area contributed by atoms with Gasteiger partial charge in [0.25, 0.3) is 0 Å². The van der Waals surface area contributed by atoms with Crippen molar-refractivity contribution in [2.24, 2.45) is 0 Å². The molecule has 0 unspecified atom stereocenters. The minimum Gasteiger partial charge on any atom is -0.469 e. The Morgan fingerprint density at radius 1 is 1.09 bits per heavy atom. The molecule has 1 aromatic rings. The molecule has 0 radical (unpaired) electrons. The first-order chi connectivity index (χ1) is 11.1. The third kappa shape index (κ3) is 5.60. The van der Waals surface area contributed by atoms with Gasteiger partial charge in [-0.1, -0.05) is 30.3 Å². The molecule has 2 atom stereocenters. The van der Waals surface area contributed by atoms with E-state index in [-0.39, 0.29) is 36.6 Å². The Morgan fingerprint density at radius 2 is 1.74 bits per heavy atom. The van der Waals surface area contributed by atoms with Crippen molar-refractivity contribution >= 4 is 17.5 Å². The Bertz CT molecular complexity index is 552. The molecule has 0 bridgehead atoms. The number of carbonyl (C=O) groups excluding carboxylic acids is 3. The lowest BCUT2D eigenvalue weighted by Gasteiger charge is -2.29. The number of ketones is 2. The highest BCUT2D eigenvalue weighted by atomic mass is 16.5. The number of hydrogen-bond acceptors (Lipinski definition) is 5. The summed E-state index contributed by atoms with van der Waals surface area (Å²) < 4.78 is 10.4. The predicted molar refractivity (Wildman–Crippen MR) is 84.2 cm³/mol. The number of benzene rings is 1. The molecule has 1 aliphatic heterocycles. The summed E-state index contributed by atoms with van der Waals surface area (Å²) in [5.41, 5.74) is 0.681. The van der Waals surface area contributed by atoms with E-state index >= 15 is 0 Å². The van der Waals surface area contributed by atoms with Crippen LogP contribution in [-0.4, -0.2) is 36.9 Å². The van der Waals surface area contributed by atoms with Gasteiger partial charge >= 0.3 is 5.97 Å². The highest BCUT2D eigenvalue weighted by Crippen LogP contribution is 2.25. The van der Waals surface area contributed by atoms with Crippen molar-refractivity contribution in [3.8, 4) is 0 Å². The number of methoxy groups -OCH3 is 1. The molecule has 1 aliphatic rings. The standard InChI is InChI=1S/C18H22O5/c1-22-18(21)11-14(19)10-15-8-5-9-16(23-15)12-17(20)13-6-3-2-4-7-13/h2-4,6-7,15-16H,5,8-12H2,1H3/t15-,16+/m1/s1. The Hall–Kier alpha value is -2.01. The van der Waals surface area contributed by atoms with E-state index in [2.05, 4.69) is 4.74 Å². The highest BCUT2D eigenvalue weighted by molar-refractivity contribution is 5.96. The van der Waals surface area contributed by atoms with Crippen molar-refractivity contribution in [3.63, 3.8) is 0 Å². The molecule has 0 aliphatic carbocycles. The fourth-order valence-corrected chi connectivity index (χ4v) is 2.79. The number of esters is 1. The Morgan fingerprint density at radius 3 is 2.39 bits per heavy atom. The van der Waals surface area contributed by atoms with Crippen molar-refractivity contribution in [3.05, 3.63) is 35.9 Å². The summed E-state index contributed by atoms with van der Waals surface area (Å²) in [5, 5.41) is 0. The number of ether oxygens (including phenoxy) is 2. The monoisotopic (exact) mass is 318 g/mol. The summed E-state index contributed by atoms with van der Waals surface area (Å²) in [5.74, 6) is -0.657. The SMILES string of the molecule is COC(=O)CC(=O)C[C@H]1CCC[C@@H](CC(=O)c2ccccc2)O1. The number of hydrogen-bond donors (Lipinski definition) is 0. The van der Waals surface area contributed by atoms with Crippen LogP contribution in [-0.2, 0) is 19.1 Å². The second-order valence-corrected chi connectivity index (χ2v) is 5.80. The van der Waals surface area contributed by atoms with Gasteiger partial charge in [-0.2, -0.15) is 0 Å². The van der Waals surface area contributed by atoms with Gasteiger partial charge in [-0.05, 0) is 19.3 Å². The van der Waals surface area contributed by atoms with E-state index in [1.165, 1.54) is 7.11 Å². The number of carbonyl (C=O) groups is 3. The van der Waals surface area contributed by atoms with Gasteiger partial charge in [0, 0.05) is 18.4 Å². The van der Waals surface area contributed by atoms with Crippen LogP contribution in [0.4, 0.5) is 0 Å². The first kappa shape index (κ1) is 17.3. The molecule has 124 valence electrons. The van der Waals surface area contributed by atoms with Crippen LogP contribution < -0.4 is 0 Å². The van der Waals surface area contributed by atoms with Crippen molar-refractivity contribution in [1.29, 1.82) is 0 Å². The summed E-state index contributed by atoms with van der Waals surface area (Å²) in [6.45, 7) is 0. The maximum absolute atomic E-state index is 12.2. The largest absolute Gasteiger partial charge is 0.469 e. The lowest BCUT2D eigenvalue weighted by molar-refractivity contribution is -0.144. The number of rotatable bonds is 7. The summed E-state index contributed by atoms with van der Waals surface area (Å²) in [6, 6.07) is 9.13. The highest BCUT2D eigenvalue weighted by Gasteiger charge is 2.26. The average molecular weight is 318 g/mol. The van der Waals surface area contributed by atoms with E-state index in [4.69, 9.17) is 4.74 Å². The zero-order valence-corrected chi connectivity index (χ0v) is 13.3. The van der Waals surface area contributed by atoms with Gasteiger partial charge in [-0.25, -0.2) is 0 Å². The first-order valence-corrected chi connectivity index (χ1v) is 7.90. The van der Waals surface area contributed by atoms with Crippen LogP contribution in [0.3, 0.4) is 0 Å². The molecule has 23 heavy (non-hydrogen) atoms. The molecule has 1 fully saturated rings. The van der Waals surface area contributed by atoms with Crippen molar-refractivity contribution in [2.45, 2.75) is 50.7 Å². The topological polar surface area (TPSA) is 69.7 Å². The molecule has 0 spiro atoms. The molecule has 0 aromatic heterocycles. The molecule has 1 heterocycles. The van der Waals surface area contributed by atoms with Crippen LogP contribution in [0.15, 0.2) is 30.3 Å². The van der Waals surface area contributed by atoms with E-state index in [9.17, 15) is 14.4 Å². The minimum absolute atomic E-state index is 0.0529. The lowest BCUT2D eigenvalue weighted by Crippen LogP contribution is -2.31. The molecular formula is C18H22O5. The predicted octanol–water partition coefficient (Wildman–Crippen LogP) is 2.72. The summed E-state index contributed by atoms with van der Waals surface area (Å²) >= 11 is 0. The van der Waals surface area contributed by atoms with Gasteiger partial charge in [0.05, 0.1) is 19.3 Å². The van der Waals surface area contributed by atoms with Gasteiger partial charge in [0.15, 0.2) is 5.78 Å². The normalized spacial score (nSPS) is 20.7. The van der Waals surface area contributed by atoms with Crippen LogP contribution >= 0.6 is 0 Å². The molecule has 2 rings (SSSR count). The van der Waals surface area contributed by atoms with Gasteiger partial charge in [-0.3, -0.25) is 14.4 Å². The zero-order chi connectivity index (χ0) is 16.7. The van der Waals surface area contributed by atoms with Gasteiger partial charge < -0.3 is 9.47 Å². The first-order valence-electron chi connectivity index (χ1n) is 7.90. The second kappa shape index (κ2) is 8.58. The third-order valence-corrected chi connectivity index (χ3v) is 3.97. The zero-order valence-electron chi connectivity index (χ0n) is 13.3. The summed E-state index contributed by atoms with van der Waals surface area (Å²) in [6.07, 6.45) is 2.45. The molecule has 5 heteroatoms. The molecule has 5 nitrogen and oxygen atoms in total. The molecule has 1 aromatic carbocycles. The van der Waals surface area contributed by atoms with E-state index < -0.39 is 5.97 Å². The summed E-state index contributed by atoms with van der Waals surface area (Å²) in [7, 11) is 1.26. The minimum atomic E-state index is -0.526. The Balaban J connectivity index is 1.82. The number of Topliss-reactive ketones (excluding diaryl/α,β-unsaturated/α-hetero) is 2. The van der Waals surface area contributed by atoms with E-state index in [0.29, 0.717) is 12.0 Å². The van der Waals surface area contributed by atoms with Gasteiger partial charge in [0.1, 0.15) is 12.2 Å². The maximum atomic E-state index is 12.2. The van der Waals surface area contributed by atoms with E-state index in [1.807, 2.05) is 18.2 Å². The summed E-state index contributed by atoms with van der Waals surface area (Å²) in [4.78, 5) is 35.1. The Labute approximate surface area is 136 Å². The molecule has 0 N–H and O–H groups in total. The fraction of sp³-hybridized carbons (Fsp3) is 0.500. The van der Waals surface area contributed by atoms with Crippen LogP contribution in [0.25, 0.3) is 0 Å². The van der Waals surface area contributed by atoms with Crippen LogP contribution in [0.5, 0.6) is 0 Å². The van der Waals surface area contributed by atoms with Crippen molar-refractivity contribution in [1.82, 2.24) is 0 Å². The lowest BCUT2D eigenvalue weighted by atomic mass is 9.95. The smallest absolute Gasteiger partial charge is 0.313 e. The molecule has 0 amide bonds. The quantitative estimate of drug-likeness (QED) is 0.439. The van der Waals surface area contributed by atoms with Crippen molar-refractivity contribution < 1.29 is 23.9 Å². The molecule has 1 saturated heterocycles. The maximum Gasteiger partial charge on any atom is 0.313 e. The average Bonchev–Trinajstić information content (AvgIpc) is 2.55. The van der Waals surface area contributed by atoms with Gasteiger partial charge in [-0.15, -0.1) is 0 Å². The second-order valence-electron chi connectivity index (χ2n) is 5.80. The molecular weight excluding hydrogens is 296 g/mol. The van der Waals surface area contributed by atoms with Gasteiger partial charge in [0.2, 0.25) is 0 Å². The van der Waals surface area contributed by atoms with Crippen molar-refractivity contribution in [2.75, 3.05) is 7.11 Å². The Kier molecular flexibility index (Phi) is 6.47. The van der Waals surface area contributed by atoms with Crippen LogP contribution in [0.1, 0.15) is 48.9 Å². The fourth-order valence-electron chi connectivity index (χ4n) is 2.79.